The molecule has 1 heterocycles. The van der Waals surface area contributed by atoms with Crippen molar-refractivity contribution >= 4 is 22.9 Å². The number of carboxylic acid groups (broad SMARTS) is 1. The summed E-state index contributed by atoms with van der Waals surface area (Å²) in [6, 6.07) is 0. The summed E-state index contributed by atoms with van der Waals surface area (Å²) in [6.45, 7) is 1.65. The Morgan fingerprint density at radius 3 is 2.75 bits per heavy atom. The summed E-state index contributed by atoms with van der Waals surface area (Å²) in [5.74, 6) is 4.71. The summed E-state index contributed by atoms with van der Waals surface area (Å²) in [7, 11) is 1.68. The van der Waals surface area contributed by atoms with E-state index in [0.29, 0.717) is 10.9 Å². The molecule has 1 saturated heterocycles. The van der Waals surface area contributed by atoms with Crippen molar-refractivity contribution in [2.45, 2.75) is 12.5 Å². The van der Waals surface area contributed by atoms with E-state index in [4.69, 9.17) is 10.9 Å². The Kier molecular flexibility index (Phi) is 2.18. The number of nitrogens with two attached hydrogens (primary N) is 1. The molecule has 0 aliphatic carbocycles. The average molecular weight is 189 g/mol. The fraction of sp³-hybridized carbons (Fsp3) is 0.667. The monoisotopic (exact) mass is 189 g/mol. The van der Waals surface area contributed by atoms with Crippen LogP contribution in [0.1, 0.15) is 6.92 Å². The van der Waals surface area contributed by atoms with E-state index in [2.05, 4.69) is 5.10 Å². The Labute approximate surface area is 74.6 Å². The number of hydrogen-bond donors (Lipinski definition) is 2. The maximum Gasteiger partial charge on any atom is 0.330 e. The normalized spacial score (nSPS) is 32.8. The molecular weight excluding hydrogens is 178 g/mol. The summed E-state index contributed by atoms with van der Waals surface area (Å²) in [4.78, 5) is 12.4. The SMILES string of the molecule is CN1C(=NN)SCC1(C)C(=O)O. The maximum absolute atomic E-state index is 10.8. The van der Waals surface area contributed by atoms with Crippen molar-refractivity contribution in [1.82, 2.24) is 4.90 Å². The van der Waals surface area contributed by atoms with Crippen LogP contribution in [0.15, 0.2) is 5.10 Å². The lowest BCUT2D eigenvalue weighted by Gasteiger charge is -2.27. The van der Waals surface area contributed by atoms with Gasteiger partial charge in [0.2, 0.25) is 0 Å². The topological polar surface area (TPSA) is 78.9 Å². The Hall–Kier alpha value is -0.910. The van der Waals surface area contributed by atoms with Gasteiger partial charge in [0.25, 0.3) is 0 Å². The average Bonchev–Trinajstić information content (AvgIpc) is 2.31. The first kappa shape index (κ1) is 9.18. The van der Waals surface area contributed by atoms with Crippen molar-refractivity contribution in [1.29, 1.82) is 0 Å². The quantitative estimate of drug-likeness (QED) is 0.439. The lowest BCUT2D eigenvalue weighted by atomic mass is 10.1. The van der Waals surface area contributed by atoms with Crippen LogP contribution in [-0.4, -0.2) is 39.5 Å². The molecule has 68 valence electrons. The fourth-order valence-electron chi connectivity index (χ4n) is 0.939. The minimum Gasteiger partial charge on any atom is -0.479 e. The van der Waals surface area contributed by atoms with E-state index in [1.807, 2.05) is 0 Å². The van der Waals surface area contributed by atoms with Crippen LogP contribution >= 0.6 is 11.8 Å². The number of amidine groups is 1. The molecule has 0 spiro atoms. The standard InChI is InChI=1S/C6H11N3O2S/c1-6(4(10)11)3-12-5(8-7)9(6)2/h3,7H2,1-2H3,(H,10,11). The smallest absolute Gasteiger partial charge is 0.330 e. The summed E-state index contributed by atoms with van der Waals surface area (Å²) in [5, 5.41) is 13.0. The zero-order chi connectivity index (χ0) is 9.35. The second-order valence-corrected chi connectivity index (χ2v) is 3.78. The highest BCUT2D eigenvalue weighted by molar-refractivity contribution is 8.14. The van der Waals surface area contributed by atoms with E-state index >= 15 is 0 Å². The highest BCUT2D eigenvalue weighted by atomic mass is 32.2. The van der Waals surface area contributed by atoms with Gasteiger partial charge in [0.15, 0.2) is 5.17 Å². The molecule has 12 heavy (non-hydrogen) atoms. The van der Waals surface area contributed by atoms with Gasteiger partial charge in [-0.15, -0.1) is 0 Å². The van der Waals surface area contributed by atoms with Crippen molar-refractivity contribution in [2.24, 2.45) is 10.9 Å². The van der Waals surface area contributed by atoms with Crippen molar-refractivity contribution in [3.05, 3.63) is 0 Å². The molecule has 1 rings (SSSR count). The van der Waals surface area contributed by atoms with Gasteiger partial charge in [-0.2, -0.15) is 5.10 Å². The van der Waals surface area contributed by atoms with Crippen LogP contribution in [0.4, 0.5) is 0 Å². The third-order valence-corrected chi connectivity index (χ3v) is 3.42. The van der Waals surface area contributed by atoms with Crippen molar-refractivity contribution < 1.29 is 9.90 Å². The van der Waals surface area contributed by atoms with Gasteiger partial charge in [-0.1, -0.05) is 11.8 Å². The maximum atomic E-state index is 10.8. The Balaban J connectivity index is 2.92. The lowest BCUT2D eigenvalue weighted by Crippen LogP contribution is -2.49. The van der Waals surface area contributed by atoms with E-state index in [9.17, 15) is 4.79 Å². The molecule has 1 atom stereocenters. The first-order valence-corrected chi connectivity index (χ1v) is 4.39. The molecule has 0 radical (unpaired) electrons. The molecule has 0 aromatic heterocycles. The van der Waals surface area contributed by atoms with Gasteiger partial charge in [-0.3, -0.25) is 0 Å². The first-order chi connectivity index (χ1) is 5.52. The van der Waals surface area contributed by atoms with Crippen LogP contribution in [0.5, 0.6) is 0 Å². The van der Waals surface area contributed by atoms with E-state index in [0.717, 1.165) is 0 Å². The minimum atomic E-state index is -0.872. The van der Waals surface area contributed by atoms with E-state index < -0.39 is 11.5 Å². The first-order valence-electron chi connectivity index (χ1n) is 3.40. The molecule has 3 N–H and O–H groups in total. The largest absolute Gasteiger partial charge is 0.479 e. The second-order valence-electron chi connectivity index (χ2n) is 2.84. The molecule has 1 fully saturated rings. The number of thioether (sulfide) groups is 1. The highest BCUT2D eigenvalue weighted by Gasteiger charge is 2.45. The molecule has 1 aliphatic heterocycles. The molecule has 1 unspecified atom stereocenters. The third-order valence-electron chi connectivity index (χ3n) is 2.08. The van der Waals surface area contributed by atoms with Gasteiger partial charge in [0.1, 0.15) is 5.54 Å². The van der Waals surface area contributed by atoms with Crippen LogP contribution in [0.3, 0.4) is 0 Å². The summed E-state index contributed by atoms with van der Waals surface area (Å²) < 4.78 is 0. The number of hydrogen-bond acceptors (Lipinski definition) is 4. The number of carbonyl (C=O) groups is 1. The molecular formula is C6H11N3O2S. The Morgan fingerprint density at radius 2 is 2.50 bits per heavy atom. The Bertz CT molecular complexity index is 243. The van der Waals surface area contributed by atoms with Crippen molar-refractivity contribution in [3.63, 3.8) is 0 Å². The van der Waals surface area contributed by atoms with Crippen LogP contribution in [0.25, 0.3) is 0 Å². The zero-order valence-electron chi connectivity index (χ0n) is 6.94. The number of hydrazone groups is 1. The molecule has 6 heteroatoms. The number of likely N-dealkylation sites (N-methyl/N-ethyl adjacent to an activating group) is 1. The number of aliphatic carboxylic acids is 1. The predicted octanol–water partition coefficient (Wildman–Crippen LogP) is -0.262. The number of carboxylic acids is 1. The van der Waals surface area contributed by atoms with E-state index in [1.165, 1.54) is 11.8 Å². The van der Waals surface area contributed by atoms with Crippen LogP contribution < -0.4 is 5.84 Å². The van der Waals surface area contributed by atoms with Gasteiger partial charge < -0.3 is 15.8 Å². The molecule has 1 aliphatic rings. The van der Waals surface area contributed by atoms with Gasteiger partial charge in [-0.05, 0) is 6.92 Å². The number of rotatable bonds is 1. The van der Waals surface area contributed by atoms with Gasteiger partial charge in [0, 0.05) is 12.8 Å². The molecule has 5 nitrogen and oxygen atoms in total. The minimum absolute atomic E-state index is 0.481. The van der Waals surface area contributed by atoms with Crippen LogP contribution in [-0.2, 0) is 4.79 Å². The summed E-state index contributed by atoms with van der Waals surface area (Å²) >= 11 is 1.36. The molecule has 0 aromatic carbocycles. The van der Waals surface area contributed by atoms with Crippen LogP contribution in [0, 0.1) is 0 Å². The van der Waals surface area contributed by atoms with Gasteiger partial charge in [-0.25, -0.2) is 4.79 Å². The molecule has 0 bridgehead atoms. The lowest BCUT2D eigenvalue weighted by molar-refractivity contribution is -0.145. The highest BCUT2D eigenvalue weighted by Crippen LogP contribution is 2.31. The second kappa shape index (κ2) is 2.85. The third kappa shape index (κ3) is 1.12. The van der Waals surface area contributed by atoms with Crippen molar-refractivity contribution in [2.75, 3.05) is 12.8 Å². The van der Waals surface area contributed by atoms with Crippen LogP contribution in [0.2, 0.25) is 0 Å². The summed E-state index contributed by atoms with van der Waals surface area (Å²) in [6.07, 6.45) is 0. The fourth-order valence-corrected chi connectivity index (χ4v) is 2.14. The summed E-state index contributed by atoms with van der Waals surface area (Å²) in [5.41, 5.74) is -0.872. The Morgan fingerprint density at radius 1 is 1.92 bits per heavy atom. The predicted molar refractivity (Wildman–Crippen MR) is 47.9 cm³/mol. The molecule has 0 amide bonds. The molecule has 0 saturated carbocycles. The van der Waals surface area contributed by atoms with E-state index in [-0.39, 0.29) is 0 Å². The zero-order valence-corrected chi connectivity index (χ0v) is 7.76. The van der Waals surface area contributed by atoms with E-state index in [1.54, 1.807) is 18.9 Å². The number of nitrogens with zero attached hydrogens (tertiary/aromatic N) is 2. The van der Waals surface area contributed by atoms with Gasteiger partial charge >= 0.3 is 5.97 Å². The van der Waals surface area contributed by atoms with Crippen molar-refractivity contribution in [3.8, 4) is 0 Å². The molecule has 0 aromatic rings. The van der Waals surface area contributed by atoms with Gasteiger partial charge in [0.05, 0.1) is 0 Å².